The van der Waals surface area contributed by atoms with Crippen LogP contribution in [0.25, 0.3) is 0 Å². The lowest BCUT2D eigenvalue weighted by Gasteiger charge is -2.08. The van der Waals surface area contributed by atoms with Crippen LogP contribution in [0, 0.1) is 0 Å². The Morgan fingerprint density at radius 1 is 1.20 bits per heavy atom. The van der Waals surface area contributed by atoms with Crippen LogP contribution in [0.5, 0.6) is 0 Å². The second kappa shape index (κ2) is 5.61. The normalized spacial score (nSPS) is 11.3. The van der Waals surface area contributed by atoms with Crippen LogP contribution >= 0.6 is 34.5 Å². The summed E-state index contributed by atoms with van der Waals surface area (Å²) < 4.78 is 26.3. The lowest BCUT2D eigenvalue weighted by atomic mass is 10.3. The van der Waals surface area contributed by atoms with Crippen molar-refractivity contribution in [2.75, 3.05) is 4.72 Å². The number of hydrogen-bond acceptors (Lipinski definition) is 4. The van der Waals surface area contributed by atoms with E-state index in [9.17, 15) is 13.2 Å². The molecule has 0 aliphatic carbocycles. The quantitative estimate of drug-likeness (QED) is 0.881. The Balaban J connectivity index is 2.33. The summed E-state index contributed by atoms with van der Waals surface area (Å²) in [5.74, 6) is -1.18. The van der Waals surface area contributed by atoms with Gasteiger partial charge in [-0.1, -0.05) is 23.2 Å². The van der Waals surface area contributed by atoms with Crippen molar-refractivity contribution >= 4 is 56.2 Å². The lowest BCUT2D eigenvalue weighted by molar-refractivity contribution is 0.0702. The summed E-state index contributed by atoms with van der Waals surface area (Å²) in [7, 11) is -3.88. The summed E-state index contributed by atoms with van der Waals surface area (Å²) in [6.07, 6.45) is 0. The summed E-state index contributed by atoms with van der Waals surface area (Å²) in [5, 5.41) is 9.31. The van der Waals surface area contributed by atoms with Gasteiger partial charge in [-0.05, 0) is 30.3 Å². The molecule has 1 aromatic heterocycles. The van der Waals surface area contributed by atoms with Gasteiger partial charge in [0.1, 0.15) is 9.09 Å². The van der Waals surface area contributed by atoms with Gasteiger partial charge in [-0.15, -0.1) is 11.3 Å². The highest BCUT2D eigenvalue weighted by molar-refractivity contribution is 7.94. The number of sulfonamides is 1. The Kier molecular flexibility index (Phi) is 4.24. The topological polar surface area (TPSA) is 83.5 Å². The number of benzene rings is 1. The number of carboxylic acids is 1. The van der Waals surface area contributed by atoms with Gasteiger partial charge < -0.3 is 5.11 Å². The van der Waals surface area contributed by atoms with Crippen molar-refractivity contribution in [3.05, 3.63) is 45.3 Å². The number of thiophene rings is 1. The maximum absolute atomic E-state index is 12.1. The van der Waals surface area contributed by atoms with Crippen molar-refractivity contribution < 1.29 is 18.3 Å². The predicted molar refractivity (Wildman–Crippen MR) is 78.5 cm³/mol. The van der Waals surface area contributed by atoms with E-state index in [1.165, 1.54) is 30.3 Å². The molecule has 0 bridgehead atoms. The number of nitrogens with one attached hydrogen (secondary N) is 1. The van der Waals surface area contributed by atoms with E-state index in [1.807, 2.05) is 0 Å². The zero-order chi connectivity index (χ0) is 14.9. The number of anilines is 1. The molecule has 20 heavy (non-hydrogen) atoms. The number of hydrogen-bond donors (Lipinski definition) is 2. The van der Waals surface area contributed by atoms with Crippen molar-refractivity contribution in [3.8, 4) is 0 Å². The molecule has 2 N–H and O–H groups in total. The van der Waals surface area contributed by atoms with E-state index in [0.717, 1.165) is 0 Å². The van der Waals surface area contributed by atoms with Gasteiger partial charge in [-0.3, -0.25) is 4.72 Å². The Morgan fingerprint density at radius 3 is 2.45 bits per heavy atom. The third kappa shape index (κ3) is 3.24. The van der Waals surface area contributed by atoms with Crippen LogP contribution in [0.2, 0.25) is 10.0 Å². The van der Waals surface area contributed by atoms with Crippen LogP contribution in [-0.2, 0) is 10.0 Å². The van der Waals surface area contributed by atoms with E-state index in [4.69, 9.17) is 28.3 Å². The maximum Gasteiger partial charge on any atom is 0.345 e. The minimum absolute atomic E-state index is 0.0624. The highest BCUT2D eigenvalue weighted by Gasteiger charge is 2.20. The second-order valence-electron chi connectivity index (χ2n) is 3.65. The molecule has 0 aliphatic heterocycles. The molecule has 106 valence electrons. The van der Waals surface area contributed by atoms with E-state index < -0.39 is 16.0 Å². The molecular weight excluding hydrogens is 345 g/mol. The van der Waals surface area contributed by atoms with E-state index in [-0.39, 0.29) is 19.8 Å². The minimum atomic E-state index is -3.88. The van der Waals surface area contributed by atoms with Crippen LogP contribution in [0.1, 0.15) is 9.67 Å². The number of rotatable bonds is 4. The second-order valence-corrected chi connectivity index (χ2v) is 7.49. The molecule has 0 aliphatic rings. The maximum atomic E-state index is 12.1. The van der Waals surface area contributed by atoms with Crippen LogP contribution in [0.4, 0.5) is 5.69 Å². The highest BCUT2D eigenvalue weighted by Crippen LogP contribution is 2.29. The van der Waals surface area contributed by atoms with Gasteiger partial charge in [0, 0.05) is 5.02 Å². The lowest BCUT2D eigenvalue weighted by Crippen LogP contribution is -2.11. The standard InChI is InChI=1S/C11H7Cl2NO4S2/c12-6-1-2-8(7(13)5-6)14-20(17,18)10-4-3-9(19-10)11(15)16/h1-5,14H,(H,15,16). The van der Waals surface area contributed by atoms with Crippen molar-refractivity contribution in [1.29, 1.82) is 0 Å². The smallest absolute Gasteiger partial charge is 0.345 e. The predicted octanol–water partition coefficient (Wildman–Crippen LogP) is 3.55. The van der Waals surface area contributed by atoms with E-state index in [2.05, 4.69) is 4.72 Å². The molecular formula is C11H7Cl2NO4S2. The molecule has 0 saturated carbocycles. The fourth-order valence-corrected chi connectivity index (χ4v) is 4.08. The van der Waals surface area contributed by atoms with E-state index >= 15 is 0 Å². The summed E-state index contributed by atoms with van der Waals surface area (Å²) >= 11 is 12.3. The van der Waals surface area contributed by atoms with Gasteiger partial charge in [0.25, 0.3) is 10.0 Å². The van der Waals surface area contributed by atoms with Gasteiger partial charge in [-0.25, -0.2) is 13.2 Å². The molecule has 0 radical (unpaired) electrons. The molecule has 1 heterocycles. The van der Waals surface area contributed by atoms with Gasteiger partial charge in [-0.2, -0.15) is 0 Å². The van der Waals surface area contributed by atoms with Crippen LogP contribution in [0.15, 0.2) is 34.5 Å². The molecule has 0 fully saturated rings. The highest BCUT2D eigenvalue weighted by atomic mass is 35.5. The third-order valence-corrected chi connectivity index (χ3v) is 5.71. The summed E-state index contributed by atoms with van der Waals surface area (Å²) in [5.41, 5.74) is 0.168. The number of carboxylic acid groups (broad SMARTS) is 1. The van der Waals surface area contributed by atoms with Crippen LogP contribution < -0.4 is 4.72 Å². The average molecular weight is 352 g/mol. The molecule has 2 rings (SSSR count). The Bertz CT molecular complexity index is 770. The van der Waals surface area contributed by atoms with Gasteiger partial charge >= 0.3 is 5.97 Å². The van der Waals surface area contributed by atoms with Crippen molar-refractivity contribution in [2.24, 2.45) is 0 Å². The largest absolute Gasteiger partial charge is 0.477 e. The molecule has 9 heteroatoms. The average Bonchev–Trinajstić information content (AvgIpc) is 2.83. The monoisotopic (exact) mass is 351 g/mol. The molecule has 5 nitrogen and oxygen atoms in total. The van der Waals surface area contributed by atoms with Crippen molar-refractivity contribution in [3.63, 3.8) is 0 Å². The van der Waals surface area contributed by atoms with Crippen LogP contribution in [0.3, 0.4) is 0 Å². The Morgan fingerprint density at radius 2 is 1.90 bits per heavy atom. The van der Waals surface area contributed by atoms with Gasteiger partial charge in [0.2, 0.25) is 0 Å². The molecule has 0 saturated heterocycles. The molecule has 0 spiro atoms. The molecule has 0 amide bonds. The molecule has 2 aromatic rings. The molecule has 1 aromatic carbocycles. The number of halogens is 2. The first kappa shape index (κ1) is 15.1. The molecule has 0 unspecified atom stereocenters. The zero-order valence-corrected chi connectivity index (χ0v) is 12.8. The Hall–Kier alpha value is -1.28. The summed E-state index contributed by atoms with van der Waals surface area (Å²) in [6, 6.07) is 6.76. The van der Waals surface area contributed by atoms with Gasteiger partial charge in [0.05, 0.1) is 10.7 Å². The number of aromatic carboxylic acids is 1. The Labute approximate surface area is 128 Å². The third-order valence-electron chi connectivity index (χ3n) is 2.23. The first-order valence-corrected chi connectivity index (χ1v) is 8.16. The first-order chi connectivity index (χ1) is 9.29. The number of carbonyl (C=O) groups is 1. The fraction of sp³-hybridized carbons (Fsp3) is 0. The van der Waals surface area contributed by atoms with Crippen molar-refractivity contribution in [2.45, 2.75) is 4.21 Å². The van der Waals surface area contributed by atoms with Crippen molar-refractivity contribution in [1.82, 2.24) is 0 Å². The fourth-order valence-electron chi connectivity index (χ4n) is 1.35. The minimum Gasteiger partial charge on any atom is -0.477 e. The zero-order valence-electron chi connectivity index (χ0n) is 9.63. The summed E-state index contributed by atoms with van der Waals surface area (Å²) in [6.45, 7) is 0. The summed E-state index contributed by atoms with van der Waals surface area (Å²) in [4.78, 5) is 10.7. The first-order valence-electron chi connectivity index (χ1n) is 5.10. The van der Waals surface area contributed by atoms with Gasteiger partial charge in [0.15, 0.2) is 0 Å². The molecule has 0 atom stereocenters. The van der Waals surface area contributed by atoms with E-state index in [1.54, 1.807) is 0 Å². The SMILES string of the molecule is O=C(O)c1ccc(S(=O)(=O)Nc2ccc(Cl)cc2Cl)s1. The van der Waals surface area contributed by atoms with E-state index in [0.29, 0.717) is 16.4 Å². The van der Waals surface area contributed by atoms with Crippen LogP contribution in [-0.4, -0.2) is 19.5 Å².